The molecule has 5 heteroatoms. The second-order valence-electron chi connectivity index (χ2n) is 2.42. The molecule has 1 aromatic rings. The first-order valence-electron chi connectivity index (χ1n) is 3.31. The Morgan fingerprint density at radius 2 is 2.17 bits per heavy atom. The van der Waals surface area contributed by atoms with Gasteiger partial charge >= 0.3 is 5.97 Å². The Morgan fingerprint density at radius 1 is 1.58 bits per heavy atom. The highest BCUT2D eigenvalue weighted by atomic mass is 16.4. The van der Waals surface area contributed by atoms with Crippen LogP contribution in [0.4, 0.5) is 0 Å². The minimum Gasteiger partial charge on any atom is -0.481 e. The van der Waals surface area contributed by atoms with E-state index in [-0.39, 0.29) is 12.1 Å². The van der Waals surface area contributed by atoms with Crippen LogP contribution in [0.2, 0.25) is 0 Å². The van der Waals surface area contributed by atoms with E-state index in [0.717, 1.165) is 6.07 Å². The molecule has 0 bridgehead atoms. The van der Waals surface area contributed by atoms with E-state index >= 15 is 0 Å². The van der Waals surface area contributed by atoms with Gasteiger partial charge in [-0.25, -0.2) is 0 Å². The standard InChI is InChI=1S/C7H7NO4/c8-2-4(7(11)12)3-1-5(9)6(3)10/h1,4H,2,8H2,(H,11,12). The van der Waals surface area contributed by atoms with E-state index in [4.69, 9.17) is 10.8 Å². The molecule has 0 saturated carbocycles. The van der Waals surface area contributed by atoms with Crippen molar-refractivity contribution < 1.29 is 9.90 Å². The highest BCUT2D eigenvalue weighted by Crippen LogP contribution is 2.08. The van der Waals surface area contributed by atoms with Crippen molar-refractivity contribution in [2.45, 2.75) is 5.92 Å². The molecule has 0 aliphatic carbocycles. The number of hydrogen-bond acceptors (Lipinski definition) is 4. The monoisotopic (exact) mass is 169 g/mol. The van der Waals surface area contributed by atoms with Gasteiger partial charge in [-0.3, -0.25) is 14.4 Å². The minimum absolute atomic E-state index is 0.00926. The van der Waals surface area contributed by atoms with Crippen molar-refractivity contribution in [2.75, 3.05) is 6.54 Å². The molecule has 0 fully saturated rings. The normalized spacial score (nSPS) is 13.1. The first kappa shape index (κ1) is 8.61. The first-order chi connectivity index (χ1) is 5.57. The molecule has 1 atom stereocenters. The number of nitrogens with two attached hydrogens (primary N) is 1. The lowest BCUT2D eigenvalue weighted by Gasteiger charge is -2.08. The van der Waals surface area contributed by atoms with Crippen LogP contribution < -0.4 is 16.6 Å². The summed E-state index contributed by atoms with van der Waals surface area (Å²) >= 11 is 0. The van der Waals surface area contributed by atoms with Gasteiger partial charge in [0.1, 0.15) is 0 Å². The van der Waals surface area contributed by atoms with Gasteiger partial charge in [0.15, 0.2) is 0 Å². The summed E-state index contributed by atoms with van der Waals surface area (Å²) in [6.45, 7) is -0.166. The Labute approximate surface area is 67.1 Å². The van der Waals surface area contributed by atoms with E-state index in [1.54, 1.807) is 0 Å². The van der Waals surface area contributed by atoms with Crippen LogP contribution in [0.3, 0.4) is 0 Å². The van der Waals surface area contributed by atoms with Crippen molar-refractivity contribution in [3.8, 4) is 0 Å². The highest BCUT2D eigenvalue weighted by molar-refractivity contribution is 5.76. The molecule has 1 unspecified atom stereocenters. The zero-order chi connectivity index (χ0) is 9.30. The number of aliphatic carboxylic acids is 1. The van der Waals surface area contributed by atoms with Crippen LogP contribution in [-0.2, 0) is 4.79 Å². The molecular formula is C7H7NO4. The SMILES string of the molecule is NCC(C(=O)O)c1cc(=O)c1=O. The number of carboxylic acid groups (broad SMARTS) is 1. The molecule has 5 nitrogen and oxygen atoms in total. The number of rotatable bonds is 3. The van der Waals surface area contributed by atoms with Crippen LogP contribution >= 0.6 is 0 Å². The summed E-state index contributed by atoms with van der Waals surface area (Å²) in [5.41, 5.74) is 3.74. The molecular weight excluding hydrogens is 162 g/mol. The van der Waals surface area contributed by atoms with Crippen LogP contribution in [0.5, 0.6) is 0 Å². The molecule has 0 spiro atoms. The average molecular weight is 169 g/mol. The molecule has 0 saturated heterocycles. The topological polar surface area (TPSA) is 97.5 Å². The highest BCUT2D eigenvalue weighted by Gasteiger charge is 2.24. The van der Waals surface area contributed by atoms with Crippen molar-refractivity contribution in [3.05, 3.63) is 32.1 Å². The maximum atomic E-state index is 10.7. The molecule has 0 aromatic heterocycles. The van der Waals surface area contributed by atoms with Crippen molar-refractivity contribution in [1.29, 1.82) is 0 Å². The summed E-state index contributed by atoms with van der Waals surface area (Å²) in [4.78, 5) is 31.6. The quantitative estimate of drug-likeness (QED) is 0.531. The Balaban J connectivity index is 2.99. The molecule has 0 heterocycles. The summed E-state index contributed by atoms with van der Waals surface area (Å²) in [6.07, 6.45) is 0. The number of hydrogen-bond donors (Lipinski definition) is 2. The van der Waals surface area contributed by atoms with Crippen molar-refractivity contribution in [2.24, 2.45) is 5.73 Å². The van der Waals surface area contributed by atoms with Gasteiger partial charge in [0.05, 0.1) is 5.92 Å². The maximum absolute atomic E-state index is 10.7. The predicted molar refractivity (Wildman–Crippen MR) is 40.8 cm³/mol. The summed E-state index contributed by atoms with van der Waals surface area (Å²) in [7, 11) is 0. The lowest BCUT2D eigenvalue weighted by molar-refractivity contribution is -0.138. The maximum Gasteiger partial charge on any atom is 0.312 e. The van der Waals surface area contributed by atoms with Crippen molar-refractivity contribution in [1.82, 2.24) is 0 Å². The Hall–Kier alpha value is -1.49. The first-order valence-corrected chi connectivity index (χ1v) is 3.31. The van der Waals surface area contributed by atoms with Crippen LogP contribution in [0.25, 0.3) is 0 Å². The van der Waals surface area contributed by atoms with E-state index in [1.807, 2.05) is 0 Å². The number of carboxylic acids is 1. The van der Waals surface area contributed by atoms with E-state index < -0.39 is 22.7 Å². The van der Waals surface area contributed by atoms with Gasteiger partial charge in [0.25, 0.3) is 0 Å². The zero-order valence-electron chi connectivity index (χ0n) is 6.11. The Bertz CT molecular complexity index is 374. The smallest absolute Gasteiger partial charge is 0.312 e. The van der Waals surface area contributed by atoms with Crippen LogP contribution in [0.15, 0.2) is 15.7 Å². The largest absolute Gasteiger partial charge is 0.481 e. The third kappa shape index (κ3) is 1.14. The van der Waals surface area contributed by atoms with Crippen molar-refractivity contribution in [3.63, 3.8) is 0 Å². The molecule has 0 amide bonds. The fourth-order valence-electron chi connectivity index (χ4n) is 0.956. The minimum atomic E-state index is -1.18. The van der Waals surface area contributed by atoms with Crippen LogP contribution in [0, 0.1) is 0 Å². The lowest BCUT2D eigenvalue weighted by atomic mass is 9.96. The fraction of sp³-hybridized carbons (Fsp3) is 0.286. The van der Waals surface area contributed by atoms with E-state index in [2.05, 4.69) is 0 Å². The summed E-state index contributed by atoms with van der Waals surface area (Å²) < 4.78 is 0. The van der Waals surface area contributed by atoms with Gasteiger partial charge < -0.3 is 10.8 Å². The van der Waals surface area contributed by atoms with E-state index in [0.29, 0.717) is 0 Å². The van der Waals surface area contributed by atoms with Gasteiger partial charge in [0.2, 0.25) is 10.9 Å². The summed E-state index contributed by atoms with van der Waals surface area (Å²) in [5, 5.41) is 8.53. The van der Waals surface area contributed by atoms with E-state index in [9.17, 15) is 14.4 Å². The van der Waals surface area contributed by atoms with Gasteiger partial charge in [-0.15, -0.1) is 0 Å². The van der Waals surface area contributed by atoms with Crippen LogP contribution in [-0.4, -0.2) is 17.6 Å². The molecule has 64 valence electrons. The lowest BCUT2D eigenvalue weighted by Crippen LogP contribution is -2.39. The summed E-state index contributed by atoms with van der Waals surface area (Å²) in [5.74, 6) is -2.21. The predicted octanol–water partition coefficient (Wildman–Crippen LogP) is -1.59. The number of carbonyl (C=O) groups is 1. The molecule has 12 heavy (non-hydrogen) atoms. The Morgan fingerprint density at radius 3 is 2.42 bits per heavy atom. The van der Waals surface area contributed by atoms with Gasteiger partial charge in [-0.1, -0.05) is 0 Å². The van der Waals surface area contributed by atoms with Gasteiger partial charge in [-0.2, -0.15) is 0 Å². The summed E-state index contributed by atoms with van der Waals surface area (Å²) in [6, 6.07) is 1.02. The molecule has 1 aromatic carbocycles. The second kappa shape index (κ2) is 2.86. The fourth-order valence-corrected chi connectivity index (χ4v) is 0.956. The van der Waals surface area contributed by atoms with Gasteiger partial charge in [0, 0.05) is 12.1 Å². The van der Waals surface area contributed by atoms with Crippen LogP contribution in [0.1, 0.15) is 11.5 Å². The van der Waals surface area contributed by atoms with Crippen molar-refractivity contribution >= 4 is 5.97 Å². The third-order valence-corrected chi connectivity index (χ3v) is 1.68. The van der Waals surface area contributed by atoms with E-state index in [1.165, 1.54) is 0 Å². The molecule has 0 aliphatic rings. The molecule has 3 N–H and O–H groups in total. The second-order valence-corrected chi connectivity index (χ2v) is 2.42. The molecule has 0 aliphatic heterocycles. The average Bonchev–Trinajstić information content (AvgIpc) is 2.03. The molecule has 1 rings (SSSR count). The Kier molecular flexibility index (Phi) is 2.05. The third-order valence-electron chi connectivity index (χ3n) is 1.68. The molecule has 0 radical (unpaired) electrons. The van der Waals surface area contributed by atoms with Gasteiger partial charge in [-0.05, 0) is 6.07 Å². The zero-order valence-corrected chi connectivity index (χ0v) is 6.11.